The third-order valence-electron chi connectivity index (χ3n) is 6.60. The Bertz CT molecular complexity index is 1370. The first-order valence-electron chi connectivity index (χ1n) is 12.0. The van der Waals surface area contributed by atoms with Gasteiger partial charge < -0.3 is 14.5 Å². The number of rotatable bonds is 6. The van der Waals surface area contributed by atoms with Crippen LogP contribution in [0.25, 0.3) is 0 Å². The minimum absolute atomic E-state index is 0.198. The lowest BCUT2D eigenvalue weighted by atomic mass is 10.1. The third-order valence-corrected chi connectivity index (χ3v) is 6.90. The normalized spacial score (nSPS) is 15.9. The number of anilines is 1. The summed E-state index contributed by atoms with van der Waals surface area (Å²) >= 11 is 6.54. The molecular formula is C27H23ClF3N5O2. The van der Waals surface area contributed by atoms with E-state index in [1.807, 2.05) is 18.2 Å². The Hall–Kier alpha value is -3.81. The molecule has 2 aliphatic heterocycles. The number of aromatic nitrogens is 1. The van der Waals surface area contributed by atoms with Gasteiger partial charge in [0, 0.05) is 52.0 Å². The SMILES string of the molecule is N#Cc1ccc(N2CCN(Cc3cc(Cl)c4c(c3)CN(Cc3ccc(OC(F)(F)F)cc3)C4=O)CC2)nc1. The fourth-order valence-electron chi connectivity index (χ4n) is 4.79. The summed E-state index contributed by atoms with van der Waals surface area (Å²) in [7, 11) is 0. The van der Waals surface area contributed by atoms with Crippen molar-refractivity contribution in [3.05, 3.63) is 87.6 Å². The van der Waals surface area contributed by atoms with Gasteiger partial charge >= 0.3 is 6.36 Å². The van der Waals surface area contributed by atoms with Gasteiger partial charge in [0.2, 0.25) is 0 Å². The zero-order chi connectivity index (χ0) is 26.9. The van der Waals surface area contributed by atoms with Crippen molar-refractivity contribution in [2.24, 2.45) is 0 Å². The topological polar surface area (TPSA) is 72.7 Å². The van der Waals surface area contributed by atoms with Gasteiger partial charge in [0.15, 0.2) is 0 Å². The predicted molar refractivity (Wildman–Crippen MR) is 135 cm³/mol. The molecule has 0 radical (unpaired) electrons. The molecule has 1 fully saturated rings. The van der Waals surface area contributed by atoms with Gasteiger partial charge in [-0.25, -0.2) is 4.98 Å². The Kier molecular flexibility index (Phi) is 7.15. The number of piperazine rings is 1. The van der Waals surface area contributed by atoms with E-state index in [2.05, 4.69) is 25.6 Å². The second-order valence-electron chi connectivity index (χ2n) is 9.24. The number of benzene rings is 2. The molecule has 0 N–H and O–H groups in total. The van der Waals surface area contributed by atoms with Crippen molar-refractivity contribution in [3.63, 3.8) is 0 Å². The highest BCUT2D eigenvalue weighted by molar-refractivity contribution is 6.34. The molecule has 0 saturated carbocycles. The second-order valence-corrected chi connectivity index (χ2v) is 9.65. The molecule has 2 aromatic carbocycles. The number of alkyl halides is 3. The van der Waals surface area contributed by atoms with E-state index in [0.29, 0.717) is 34.8 Å². The Morgan fingerprint density at radius 2 is 1.74 bits per heavy atom. The molecule has 3 aromatic rings. The number of pyridine rings is 1. The number of amides is 1. The van der Waals surface area contributed by atoms with E-state index in [9.17, 15) is 18.0 Å². The van der Waals surface area contributed by atoms with Crippen molar-refractivity contribution < 1.29 is 22.7 Å². The average molecular weight is 542 g/mol. The standard InChI is InChI=1S/C27H23ClF3N5O2/c28-23-12-20(15-34-7-9-35(10-8-34)24-6-3-19(13-32)14-33-24)11-21-17-36(26(37)25(21)23)16-18-1-4-22(5-2-18)38-27(29,30)31/h1-6,11-12,14H,7-10,15-17H2. The summed E-state index contributed by atoms with van der Waals surface area (Å²) in [5.41, 5.74) is 3.55. The summed E-state index contributed by atoms with van der Waals surface area (Å²) in [6.45, 7) is 4.58. The predicted octanol–water partition coefficient (Wildman–Crippen LogP) is 4.98. The molecule has 1 aromatic heterocycles. The molecular weight excluding hydrogens is 519 g/mol. The molecule has 196 valence electrons. The number of nitrogens with zero attached hydrogens (tertiary/aromatic N) is 5. The fourth-order valence-corrected chi connectivity index (χ4v) is 5.14. The van der Waals surface area contributed by atoms with Crippen LogP contribution in [0.15, 0.2) is 54.7 Å². The molecule has 3 heterocycles. The van der Waals surface area contributed by atoms with E-state index in [4.69, 9.17) is 16.9 Å². The van der Waals surface area contributed by atoms with Crippen LogP contribution in [0.3, 0.4) is 0 Å². The van der Waals surface area contributed by atoms with Gasteiger partial charge in [-0.1, -0.05) is 29.8 Å². The average Bonchev–Trinajstić information content (AvgIpc) is 3.20. The summed E-state index contributed by atoms with van der Waals surface area (Å²) in [6, 6.07) is 15.0. The number of fused-ring (bicyclic) bond motifs is 1. The van der Waals surface area contributed by atoms with E-state index in [-0.39, 0.29) is 18.2 Å². The van der Waals surface area contributed by atoms with E-state index < -0.39 is 6.36 Å². The molecule has 1 amide bonds. The first-order valence-corrected chi connectivity index (χ1v) is 12.3. The monoisotopic (exact) mass is 541 g/mol. The Morgan fingerprint density at radius 1 is 1.00 bits per heavy atom. The minimum Gasteiger partial charge on any atom is -0.406 e. The smallest absolute Gasteiger partial charge is 0.406 e. The number of carbonyl (C=O) groups excluding carboxylic acids is 1. The molecule has 0 spiro atoms. The summed E-state index contributed by atoms with van der Waals surface area (Å²) in [6.07, 6.45) is -3.17. The van der Waals surface area contributed by atoms with Crippen molar-refractivity contribution >= 4 is 23.3 Å². The quantitative estimate of drug-likeness (QED) is 0.438. The molecule has 11 heteroatoms. The van der Waals surface area contributed by atoms with Crippen molar-refractivity contribution in [1.29, 1.82) is 5.26 Å². The van der Waals surface area contributed by atoms with Gasteiger partial charge in [0.1, 0.15) is 17.6 Å². The first kappa shape index (κ1) is 25.8. The van der Waals surface area contributed by atoms with Crippen LogP contribution in [-0.2, 0) is 19.6 Å². The number of ether oxygens (including phenoxy) is 1. The number of carbonyl (C=O) groups is 1. The first-order chi connectivity index (χ1) is 18.2. The van der Waals surface area contributed by atoms with Crippen molar-refractivity contribution in [2.45, 2.75) is 26.0 Å². The van der Waals surface area contributed by atoms with Gasteiger partial charge in [-0.2, -0.15) is 5.26 Å². The lowest BCUT2D eigenvalue weighted by molar-refractivity contribution is -0.274. The minimum atomic E-state index is -4.75. The number of halogens is 4. The Labute approximate surface area is 222 Å². The number of nitriles is 1. The molecule has 0 unspecified atom stereocenters. The van der Waals surface area contributed by atoms with Crippen LogP contribution >= 0.6 is 11.6 Å². The highest BCUT2D eigenvalue weighted by Gasteiger charge is 2.32. The summed E-state index contributed by atoms with van der Waals surface area (Å²) in [5, 5.41) is 9.35. The van der Waals surface area contributed by atoms with Crippen molar-refractivity contribution in [1.82, 2.24) is 14.8 Å². The molecule has 2 aliphatic rings. The Balaban J connectivity index is 1.19. The molecule has 0 atom stereocenters. The van der Waals surface area contributed by atoms with Crippen LogP contribution in [0.5, 0.6) is 5.75 Å². The van der Waals surface area contributed by atoms with E-state index in [0.717, 1.165) is 43.1 Å². The van der Waals surface area contributed by atoms with E-state index in [1.54, 1.807) is 17.2 Å². The maximum Gasteiger partial charge on any atom is 0.573 e. The zero-order valence-corrected chi connectivity index (χ0v) is 21.0. The number of hydrogen-bond acceptors (Lipinski definition) is 6. The lowest BCUT2D eigenvalue weighted by Crippen LogP contribution is -2.46. The summed E-state index contributed by atoms with van der Waals surface area (Å²) in [4.78, 5) is 23.5. The maximum atomic E-state index is 13.0. The van der Waals surface area contributed by atoms with Gasteiger partial charge in [0.25, 0.3) is 5.91 Å². The molecule has 38 heavy (non-hydrogen) atoms. The van der Waals surface area contributed by atoms with Gasteiger partial charge in [-0.15, -0.1) is 13.2 Å². The van der Waals surface area contributed by atoms with E-state index in [1.165, 1.54) is 24.3 Å². The molecule has 1 saturated heterocycles. The molecule has 5 rings (SSSR count). The highest BCUT2D eigenvalue weighted by atomic mass is 35.5. The third kappa shape index (κ3) is 5.85. The molecule has 0 aliphatic carbocycles. The molecule has 0 bridgehead atoms. The van der Waals surface area contributed by atoms with Crippen LogP contribution in [0.1, 0.15) is 32.6 Å². The van der Waals surface area contributed by atoms with E-state index >= 15 is 0 Å². The van der Waals surface area contributed by atoms with Crippen LogP contribution in [0.4, 0.5) is 19.0 Å². The largest absolute Gasteiger partial charge is 0.573 e. The van der Waals surface area contributed by atoms with Crippen LogP contribution in [0, 0.1) is 11.3 Å². The highest BCUT2D eigenvalue weighted by Crippen LogP contribution is 2.33. The maximum absolute atomic E-state index is 13.0. The lowest BCUT2D eigenvalue weighted by Gasteiger charge is -2.35. The van der Waals surface area contributed by atoms with Crippen LogP contribution in [0.2, 0.25) is 5.02 Å². The number of hydrogen-bond donors (Lipinski definition) is 0. The summed E-state index contributed by atoms with van der Waals surface area (Å²) in [5.74, 6) is 0.347. The fraction of sp³-hybridized carbons (Fsp3) is 0.296. The van der Waals surface area contributed by atoms with Crippen LogP contribution in [-0.4, -0.2) is 53.2 Å². The zero-order valence-electron chi connectivity index (χ0n) is 20.2. The van der Waals surface area contributed by atoms with Crippen molar-refractivity contribution in [3.8, 4) is 11.8 Å². The van der Waals surface area contributed by atoms with Gasteiger partial charge in [0.05, 0.1) is 16.1 Å². The Morgan fingerprint density at radius 3 is 2.37 bits per heavy atom. The van der Waals surface area contributed by atoms with Crippen LogP contribution < -0.4 is 9.64 Å². The molecule has 7 nitrogen and oxygen atoms in total. The van der Waals surface area contributed by atoms with Gasteiger partial charge in [-0.3, -0.25) is 9.69 Å². The summed E-state index contributed by atoms with van der Waals surface area (Å²) < 4.78 is 41.1. The van der Waals surface area contributed by atoms with Gasteiger partial charge in [-0.05, 0) is 47.0 Å². The second kappa shape index (κ2) is 10.5. The van der Waals surface area contributed by atoms with Crippen molar-refractivity contribution in [2.75, 3.05) is 31.1 Å².